The van der Waals surface area contributed by atoms with Crippen molar-refractivity contribution >= 4 is 82.5 Å². The molecule has 0 atom stereocenters. The minimum atomic E-state index is 0.856. The Bertz CT molecular complexity index is 3170. The molecular formula is C50H31NO2. The summed E-state index contributed by atoms with van der Waals surface area (Å²) < 4.78 is 13.3. The van der Waals surface area contributed by atoms with Crippen LogP contribution in [0.5, 0.6) is 0 Å². The van der Waals surface area contributed by atoms with Gasteiger partial charge >= 0.3 is 0 Å². The van der Waals surface area contributed by atoms with Crippen molar-refractivity contribution in [2.24, 2.45) is 0 Å². The molecule has 11 rings (SSSR count). The number of nitrogens with zero attached hydrogens (tertiary/aromatic N) is 1. The van der Waals surface area contributed by atoms with Gasteiger partial charge in [-0.2, -0.15) is 0 Å². The van der Waals surface area contributed by atoms with Crippen molar-refractivity contribution in [1.29, 1.82) is 0 Å². The molecule has 2 aromatic heterocycles. The third-order valence-electron chi connectivity index (χ3n) is 10.6. The Hall–Kier alpha value is -7.10. The van der Waals surface area contributed by atoms with Gasteiger partial charge < -0.3 is 13.7 Å². The molecule has 3 heteroatoms. The summed E-state index contributed by atoms with van der Waals surface area (Å²) in [6.07, 6.45) is 0. The van der Waals surface area contributed by atoms with Crippen molar-refractivity contribution in [3.63, 3.8) is 0 Å². The first-order chi connectivity index (χ1) is 26.3. The van der Waals surface area contributed by atoms with Gasteiger partial charge in [0.2, 0.25) is 0 Å². The first-order valence-electron chi connectivity index (χ1n) is 18.0. The molecule has 0 radical (unpaired) electrons. The maximum atomic E-state index is 6.89. The summed E-state index contributed by atoms with van der Waals surface area (Å²) in [4.78, 5) is 2.32. The van der Waals surface area contributed by atoms with E-state index in [2.05, 4.69) is 181 Å². The topological polar surface area (TPSA) is 29.5 Å². The molecule has 248 valence electrons. The van der Waals surface area contributed by atoms with Crippen molar-refractivity contribution in [2.45, 2.75) is 0 Å². The molecule has 0 aliphatic heterocycles. The highest BCUT2D eigenvalue weighted by Crippen LogP contribution is 2.45. The molecule has 0 fully saturated rings. The summed E-state index contributed by atoms with van der Waals surface area (Å²) in [5.74, 6) is 0. The SMILES string of the molecule is c1ccc(-c2ccc3cc(N(c4ccc(-c5cccc6c5oc5ccccc56)cc4)c4cccc5c4oc4c6ccccc6ccc54)ccc3c2)cc1. The lowest BCUT2D eigenvalue weighted by atomic mass is 10.00. The number of benzene rings is 9. The molecular weight excluding hydrogens is 647 g/mol. The highest BCUT2D eigenvalue weighted by Gasteiger charge is 2.21. The van der Waals surface area contributed by atoms with Crippen LogP contribution in [0.2, 0.25) is 0 Å². The van der Waals surface area contributed by atoms with E-state index < -0.39 is 0 Å². The van der Waals surface area contributed by atoms with Gasteiger partial charge in [0.25, 0.3) is 0 Å². The van der Waals surface area contributed by atoms with Gasteiger partial charge in [-0.3, -0.25) is 0 Å². The Balaban J connectivity index is 1.09. The van der Waals surface area contributed by atoms with Gasteiger partial charge in [-0.15, -0.1) is 0 Å². The third-order valence-corrected chi connectivity index (χ3v) is 10.6. The highest BCUT2D eigenvalue weighted by molar-refractivity contribution is 6.17. The normalized spacial score (nSPS) is 11.8. The van der Waals surface area contributed by atoms with Crippen molar-refractivity contribution in [2.75, 3.05) is 4.90 Å². The molecule has 0 bridgehead atoms. The van der Waals surface area contributed by atoms with Gasteiger partial charge in [0, 0.05) is 43.9 Å². The van der Waals surface area contributed by atoms with Crippen LogP contribution in [0.1, 0.15) is 0 Å². The summed E-state index contributed by atoms with van der Waals surface area (Å²) in [7, 11) is 0. The number of hydrogen-bond acceptors (Lipinski definition) is 3. The second kappa shape index (κ2) is 11.7. The van der Waals surface area contributed by atoms with E-state index in [-0.39, 0.29) is 0 Å². The zero-order chi connectivity index (χ0) is 34.9. The largest absolute Gasteiger partial charge is 0.455 e. The van der Waals surface area contributed by atoms with E-state index in [0.717, 1.165) is 82.8 Å². The van der Waals surface area contributed by atoms with Gasteiger partial charge in [-0.1, -0.05) is 140 Å². The molecule has 9 aromatic carbocycles. The number of fused-ring (bicyclic) bond motifs is 9. The molecule has 0 aliphatic carbocycles. The number of anilines is 3. The van der Waals surface area contributed by atoms with Gasteiger partial charge in [0.05, 0.1) is 5.69 Å². The quantitative estimate of drug-likeness (QED) is 0.182. The van der Waals surface area contributed by atoms with Gasteiger partial charge in [-0.25, -0.2) is 0 Å². The van der Waals surface area contributed by atoms with Crippen molar-refractivity contribution < 1.29 is 8.83 Å². The minimum Gasteiger partial charge on any atom is -0.455 e. The monoisotopic (exact) mass is 677 g/mol. The highest BCUT2D eigenvalue weighted by atomic mass is 16.3. The molecule has 0 saturated heterocycles. The first-order valence-corrected chi connectivity index (χ1v) is 18.0. The number of para-hydroxylation sites is 3. The molecule has 0 N–H and O–H groups in total. The average Bonchev–Trinajstić information content (AvgIpc) is 3.81. The average molecular weight is 678 g/mol. The van der Waals surface area contributed by atoms with Crippen LogP contribution in [0, 0.1) is 0 Å². The molecule has 0 saturated carbocycles. The Morgan fingerprint density at radius 3 is 1.85 bits per heavy atom. The number of furan rings is 2. The lowest BCUT2D eigenvalue weighted by Gasteiger charge is -2.26. The Labute approximate surface area is 305 Å². The smallest absolute Gasteiger partial charge is 0.159 e. The van der Waals surface area contributed by atoms with E-state index in [1.165, 1.54) is 21.9 Å². The maximum Gasteiger partial charge on any atom is 0.159 e. The Kier molecular flexibility index (Phi) is 6.55. The molecule has 0 unspecified atom stereocenters. The maximum absolute atomic E-state index is 6.89. The lowest BCUT2D eigenvalue weighted by molar-refractivity contribution is 0.670. The molecule has 2 heterocycles. The fourth-order valence-electron chi connectivity index (χ4n) is 8.06. The summed E-state index contributed by atoms with van der Waals surface area (Å²) >= 11 is 0. The second-order valence-electron chi connectivity index (χ2n) is 13.7. The van der Waals surface area contributed by atoms with E-state index in [0.29, 0.717) is 0 Å². The van der Waals surface area contributed by atoms with E-state index >= 15 is 0 Å². The van der Waals surface area contributed by atoms with Crippen LogP contribution in [-0.2, 0) is 0 Å². The molecule has 11 aromatic rings. The number of rotatable bonds is 5. The second-order valence-corrected chi connectivity index (χ2v) is 13.7. The zero-order valence-electron chi connectivity index (χ0n) is 28.7. The fourth-order valence-corrected chi connectivity index (χ4v) is 8.06. The first kappa shape index (κ1) is 29.6. The molecule has 0 spiro atoms. The molecule has 3 nitrogen and oxygen atoms in total. The minimum absolute atomic E-state index is 0.856. The molecule has 0 amide bonds. The predicted molar refractivity (Wildman–Crippen MR) is 222 cm³/mol. The zero-order valence-corrected chi connectivity index (χ0v) is 28.7. The Morgan fingerprint density at radius 2 is 0.962 bits per heavy atom. The lowest BCUT2D eigenvalue weighted by Crippen LogP contribution is -2.10. The van der Waals surface area contributed by atoms with Crippen molar-refractivity contribution in [3.8, 4) is 22.3 Å². The van der Waals surface area contributed by atoms with Crippen LogP contribution in [0.25, 0.3) is 87.7 Å². The van der Waals surface area contributed by atoms with Gasteiger partial charge in [-0.05, 0) is 81.4 Å². The van der Waals surface area contributed by atoms with Crippen molar-refractivity contribution in [1.82, 2.24) is 0 Å². The van der Waals surface area contributed by atoms with Crippen LogP contribution in [0.3, 0.4) is 0 Å². The summed E-state index contributed by atoms with van der Waals surface area (Å²) in [6.45, 7) is 0. The molecule has 0 aliphatic rings. The Morgan fingerprint density at radius 1 is 0.321 bits per heavy atom. The van der Waals surface area contributed by atoms with E-state index in [1.807, 2.05) is 12.1 Å². The van der Waals surface area contributed by atoms with E-state index in [9.17, 15) is 0 Å². The third kappa shape index (κ3) is 4.75. The van der Waals surface area contributed by atoms with Crippen LogP contribution < -0.4 is 4.90 Å². The summed E-state index contributed by atoms with van der Waals surface area (Å²) in [5, 5.41) is 9.10. The fraction of sp³-hybridized carbons (Fsp3) is 0. The predicted octanol–water partition coefficient (Wildman–Crippen LogP) is 14.6. The standard InChI is InChI=1S/C50H31NO2/c1-2-10-32(11-3-1)35-20-21-37-31-39(28-24-36(37)30-35)51(46-18-9-17-44-45-29-25-33-12-4-5-13-40(33)49(45)53-50(44)46)38-26-22-34(23-27-38)41-15-8-16-43-42-14-6-7-19-47(42)52-48(41)43/h1-31H. The van der Waals surface area contributed by atoms with Gasteiger partial charge in [0.15, 0.2) is 5.58 Å². The summed E-state index contributed by atoms with van der Waals surface area (Å²) in [5.41, 5.74) is 11.2. The van der Waals surface area contributed by atoms with Crippen LogP contribution in [0.15, 0.2) is 197 Å². The van der Waals surface area contributed by atoms with Crippen LogP contribution in [0.4, 0.5) is 17.1 Å². The van der Waals surface area contributed by atoms with Crippen LogP contribution in [-0.4, -0.2) is 0 Å². The molecule has 53 heavy (non-hydrogen) atoms. The van der Waals surface area contributed by atoms with Gasteiger partial charge in [0.1, 0.15) is 16.7 Å². The van der Waals surface area contributed by atoms with E-state index in [1.54, 1.807) is 0 Å². The van der Waals surface area contributed by atoms with E-state index in [4.69, 9.17) is 8.83 Å². The number of hydrogen-bond donors (Lipinski definition) is 0. The van der Waals surface area contributed by atoms with Crippen molar-refractivity contribution in [3.05, 3.63) is 188 Å². The summed E-state index contributed by atoms with van der Waals surface area (Å²) in [6, 6.07) is 66.7. The van der Waals surface area contributed by atoms with Crippen LogP contribution >= 0.6 is 0 Å².